The highest BCUT2D eigenvalue weighted by atomic mass is 32.2. The Bertz CT molecular complexity index is 356. The zero-order valence-corrected chi connectivity index (χ0v) is 7.31. The second-order valence-corrected chi connectivity index (χ2v) is 4.70. The third-order valence-electron chi connectivity index (χ3n) is 1.30. The van der Waals surface area contributed by atoms with E-state index in [1.807, 2.05) is 6.92 Å². The lowest BCUT2D eigenvalue weighted by atomic mass is 10.3. The molecule has 1 unspecified atom stereocenters. The molecule has 0 aliphatic heterocycles. The van der Waals surface area contributed by atoms with Gasteiger partial charge in [-0.25, -0.2) is 8.99 Å². The van der Waals surface area contributed by atoms with Crippen LogP contribution in [0.4, 0.5) is 0 Å². The summed E-state index contributed by atoms with van der Waals surface area (Å²) in [5, 5.41) is 0. The van der Waals surface area contributed by atoms with E-state index in [1.54, 1.807) is 12.3 Å². The van der Waals surface area contributed by atoms with Gasteiger partial charge < -0.3 is 0 Å². The highest BCUT2D eigenvalue weighted by Crippen LogP contribution is 2.08. The van der Waals surface area contributed by atoms with Gasteiger partial charge in [0.2, 0.25) is 0 Å². The maximum Gasteiger partial charge on any atom is 0.0712 e. The molecule has 0 aliphatic rings. The van der Waals surface area contributed by atoms with E-state index in [9.17, 15) is 4.21 Å². The Morgan fingerprint density at radius 2 is 2.18 bits per heavy atom. The number of nitrogens with one attached hydrogen (secondary N) is 1. The van der Waals surface area contributed by atoms with Crippen molar-refractivity contribution in [3.8, 4) is 0 Å². The van der Waals surface area contributed by atoms with E-state index in [0.717, 1.165) is 5.56 Å². The fraction of sp³-hybridized carbons (Fsp3) is 0.286. The van der Waals surface area contributed by atoms with Crippen molar-refractivity contribution in [1.29, 1.82) is 4.78 Å². The first-order chi connectivity index (χ1) is 5.00. The normalized spacial score (nSPS) is 15.8. The maximum atomic E-state index is 11.2. The number of rotatable bonds is 1. The molecule has 4 heteroatoms. The lowest BCUT2D eigenvalue weighted by molar-refractivity contribution is 0.678. The average molecular weight is 170 g/mol. The first kappa shape index (κ1) is 8.20. The highest BCUT2D eigenvalue weighted by Gasteiger charge is 2.01. The van der Waals surface area contributed by atoms with Crippen LogP contribution in [0.25, 0.3) is 0 Å². The smallest absolute Gasteiger partial charge is 0.0712 e. The van der Waals surface area contributed by atoms with Crippen LogP contribution in [0.1, 0.15) is 5.56 Å². The van der Waals surface area contributed by atoms with Crippen LogP contribution in [-0.4, -0.2) is 15.4 Å². The molecule has 1 aromatic heterocycles. The maximum absolute atomic E-state index is 11.2. The minimum atomic E-state index is -2.59. The molecule has 0 bridgehead atoms. The Balaban J connectivity index is 3.28. The van der Waals surface area contributed by atoms with Gasteiger partial charge in [-0.2, -0.15) is 0 Å². The second kappa shape index (κ2) is 2.62. The van der Waals surface area contributed by atoms with Gasteiger partial charge in [0.05, 0.1) is 14.6 Å². The Morgan fingerprint density at radius 1 is 1.55 bits per heavy atom. The second-order valence-electron chi connectivity index (χ2n) is 2.54. The quantitative estimate of drug-likeness (QED) is 0.693. The zero-order chi connectivity index (χ0) is 8.48. The van der Waals surface area contributed by atoms with Crippen molar-refractivity contribution in [2.45, 2.75) is 11.8 Å². The molecule has 1 heterocycles. The van der Waals surface area contributed by atoms with Crippen molar-refractivity contribution in [3.63, 3.8) is 0 Å². The first-order valence-corrected chi connectivity index (χ1v) is 5.12. The van der Waals surface area contributed by atoms with Gasteiger partial charge in [0.1, 0.15) is 0 Å². The van der Waals surface area contributed by atoms with Crippen molar-refractivity contribution >= 4 is 9.73 Å². The molecule has 0 aromatic carbocycles. The lowest BCUT2D eigenvalue weighted by Gasteiger charge is -1.99. The Hall–Kier alpha value is -0.900. The number of hydrogen-bond donors (Lipinski definition) is 1. The summed E-state index contributed by atoms with van der Waals surface area (Å²) < 4.78 is 18.4. The Kier molecular flexibility index (Phi) is 1.95. The van der Waals surface area contributed by atoms with Gasteiger partial charge >= 0.3 is 0 Å². The molecule has 0 spiro atoms. The molecule has 0 amide bonds. The van der Waals surface area contributed by atoms with Crippen molar-refractivity contribution in [1.82, 2.24) is 4.98 Å². The summed E-state index contributed by atoms with van der Waals surface area (Å²) in [5.41, 5.74) is 0.935. The molecule has 11 heavy (non-hydrogen) atoms. The Labute approximate surface area is 66.4 Å². The SMILES string of the molecule is Cc1cncc(S(C)(=N)=O)c1. The lowest BCUT2D eigenvalue weighted by Crippen LogP contribution is -1.95. The van der Waals surface area contributed by atoms with Crippen LogP contribution in [0.15, 0.2) is 23.4 Å². The van der Waals surface area contributed by atoms with Crippen LogP contribution >= 0.6 is 0 Å². The van der Waals surface area contributed by atoms with Gasteiger partial charge in [-0.05, 0) is 18.6 Å². The molecule has 1 aromatic rings. The highest BCUT2D eigenvalue weighted by molar-refractivity contribution is 7.91. The molecule has 0 fully saturated rings. The van der Waals surface area contributed by atoms with Gasteiger partial charge in [-0.15, -0.1) is 0 Å². The fourth-order valence-corrected chi connectivity index (χ4v) is 1.41. The minimum absolute atomic E-state index is 0.498. The van der Waals surface area contributed by atoms with Gasteiger partial charge in [0.25, 0.3) is 0 Å². The number of pyridine rings is 1. The molecule has 1 N–H and O–H groups in total. The van der Waals surface area contributed by atoms with Crippen LogP contribution in [-0.2, 0) is 9.73 Å². The van der Waals surface area contributed by atoms with Crippen molar-refractivity contribution in [2.24, 2.45) is 0 Å². The van der Waals surface area contributed by atoms with Crippen LogP contribution < -0.4 is 0 Å². The molecule has 0 saturated carbocycles. The minimum Gasteiger partial charge on any atom is -0.263 e. The standard InChI is InChI=1S/C7H10N2OS/c1-6-3-7(5-9-4-6)11(2,8)10/h3-5,8H,1-2H3. The van der Waals surface area contributed by atoms with Gasteiger partial charge in [0, 0.05) is 18.6 Å². The largest absolute Gasteiger partial charge is 0.263 e. The van der Waals surface area contributed by atoms with Crippen LogP contribution in [0.2, 0.25) is 0 Å². The van der Waals surface area contributed by atoms with E-state index in [-0.39, 0.29) is 0 Å². The summed E-state index contributed by atoms with van der Waals surface area (Å²) in [6.45, 7) is 1.86. The van der Waals surface area contributed by atoms with Crippen LogP contribution in [0, 0.1) is 11.7 Å². The number of aromatic nitrogens is 1. The predicted octanol–water partition coefficient (Wildman–Crippen LogP) is 1.43. The van der Waals surface area contributed by atoms with Gasteiger partial charge in [0.15, 0.2) is 0 Å². The Morgan fingerprint density at radius 3 is 2.55 bits per heavy atom. The molecule has 3 nitrogen and oxygen atoms in total. The third kappa shape index (κ3) is 2.01. The third-order valence-corrected chi connectivity index (χ3v) is 2.42. The number of nitrogens with zero attached hydrogens (tertiary/aromatic N) is 1. The summed E-state index contributed by atoms with van der Waals surface area (Å²) in [5.74, 6) is 0. The summed E-state index contributed by atoms with van der Waals surface area (Å²) in [6.07, 6.45) is 4.54. The molecule has 0 saturated heterocycles. The molecule has 0 aliphatic carbocycles. The molecule has 1 atom stereocenters. The number of hydrogen-bond acceptors (Lipinski definition) is 3. The van der Waals surface area contributed by atoms with Crippen LogP contribution in [0.5, 0.6) is 0 Å². The van der Waals surface area contributed by atoms with E-state index in [0.29, 0.717) is 4.90 Å². The summed E-state index contributed by atoms with van der Waals surface area (Å²) >= 11 is 0. The van der Waals surface area contributed by atoms with E-state index >= 15 is 0 Å². The summed E-state index contributed by atoms with van der Waals surface area (Å²) in [4.78, 5) is 4.35. The first-order valence-electron chi connectivity index (χ1n) is 3.15. The van der Waals surface area contributed by atoms with Crippen molar-refractivity contribution < 1.29 is 4.21 Å². The van der Waals surface area contributed by atoms with Gasteiger partial charge in [-0.1, -0.05) is 0 Å². The molecule has 60 valence electrons. The molecular formula is C7H10N2OS. The average Bonchev–Trinajstić information content (AvgIpc) is 1.86. The molecule has 0 radical (unpaired) electrons. The van der Waals surface area contributed by atoms with E-state index in [1.165, 1.54) is 12.5 Å². The van der Waals surface area contributed by atoms with E-state index in [4.69, 9.17) is 4.78 Å². The monoisotopic (exact) mass is 170 g/mol. The van der Waals surface area contributed by atoms with Crippen molar-refractivity contribution in [2.75, 3.05) is 6.26 Å². The van der Waals surface area contributed by atoms with Gasteiger partial charge in [-0.3, -0.25) is 4.98 Å². The van der Waals surface area contributed by atoms with E-state index in [2.05, 4.69) is 4.98 Å². The van der Waals surface area contributed by atoms with Crippen LogP contribution in [0.3, 0.4) is 0 Å². The zero-order valence-electron chi connectivity index (χ0n) is 6.50. The summed E-state index contributed by atoms with van der Waals surface area (Å²) in [6, 6.07) is 1.72. The van der Waals surface area contributed by atoms with Crippen molar-refractivity contribution in [3.05, 3.63) is 24.0 Å². The number of aryl methyl sites for hydroxylation is 1. The molecular weight excluding hydrogens is 160 g/mol. The summed E-state index contributed by atoms with van der Waals surface area (Å²) in [7, 11) is -2.59. The van der Waals surface area contributed by atoms with E-state index < -0.39 is 9.73 Å². The predicted molar refractivity (Wildman–Crippen MR) is 44.0 cm³/mol. The fourth-order valence-electron chi connectivity index (χ4n) is 0.740. The topological polar surface area (TPSA) is 53.8 Å². The molecule has 1 rings (SSSR count).